The molecule has 0 radical (unpaired) electrons. The molecule has 2 aromatic rings. The molecule has 2 N–H and O–H groups in total. The number of aromatic hydroxyl groups is 1. The predicted octanol–water partition coefficient (Wildman–Crippen LogP) is 4.31. The number of hydrogen-bond acceptors (Lipinski definition) is 4. The third kappa shape index (κ3) is 4.87. The van der Waals surface area contributed by atoms with E-state index in [1.807, 2.05) is 19.9 Å². The summed E-state index contributed by atoms with van der Waals surface area (Å²) < 4.78 is 0. The predicted molar refractivity (Wildman–Crippen MR) is 103 cm³/mol. The zero-order valence-electron chi connectivity index (χ0n) is 14.0. The number of nitrogens with one attached hydrogen (secondary N) is 1. The monoisotopic (exact) mass is 379 g/mol. The minimum atomic E-state index is -0.461. The first-order valence-electron chi connectivity index (χ1n) is 7.82. The van der Waals surface area contributed by atoms with E-state index in [-0.39, 0.29) is 16.3 Å². The van der Waals surface area contributed by atoms with Gasteiger partial charge in [0.15, 0.2) is 0 Å². The minimum absolute atomic E-state index is 0.0897. The van der Waals surface area contributed by atoms with Crippen LogP contribution in [0.3, 0.4) is 0 Å². The van der Waals surface area contributed by atoms with E-state index in [0.29, 0.717) is 10.6 Å². The molecule has 5 nitrogen and oxygen atoms in total. The summed E-state index contributed by atoms with van der Waals surface area (Å²) in [5, 5.41) is 14.7. The van der Waals surface area contributed by atoms with Crippen LogP contribution in [0.2, 0.25) is 10.0 Å². The van der Waals surface area contributed by atoms with Crippen molar-refractivity contribution in [2.24, 2.45) is 5.10 Å². The van der Waals surface area contributed by atoms with Gasteiger partial charge in [0.05, 0.1) is 16.8 Å². The van der Waals surface area contributed by atoms with Crippen molar-refractivity contribution in [3.63, 3.8) is 0 Å². The molecule has 0 saturated carbocycles. The van der Waals surface area contributed by atoms with Crippen molar-refractivity contribution in [1.29, 1.82) is 0 Å². The first-order valence-corrected chi connectivity index (χ1v) is 8.58. The van der Waals surface area contributed by atoms with Crippen molar-refractivity contribution in [3.05, 3.63) is 57.6 Å². The highest BCUT2D eigenvalue weighted by Crippen LogP contribution is 2.24. The number of anilines is 1. The van der Waals surface area contributed by atoms with Crippen LogP contribution in [-0.2, 0) is 0 Å². The van der Waals surface area contributed by atoms with E-state index in [1.54, 1.807) is 18.2 Å². The third-order valence-electron chi connectivity index (χ3n) is 3.69. The Labute approximate surface area is 156 Å². The number of amides is 1. The molecule has 0 spiro atoms. The van der Waals surface area contributed by atoms with Gasteiger partial charge in [-0.05, 0) is 44.2 Å². The molecule has 2 aromatic carbocycles. The summed E-state index contributed by atoms with van der Waals surface area (Å²) in [5.74, 6) is -0.371. The van der Waals surface area contributed by atoms with Crippen LogP contribution in [0, 0.1) is 0 Å². The minimum Gasteiger partial charge on any atom is -0.507 e. The van der Waals surface area contributed by atoms with Crippen LogP contribution < -0.4 is 10.3 Å². The largest absolute Gasteiger partial charge is 0.507 e. The second-order valence-corrected chi connectivity index (χ2v) is 6.08. The molecule has 0 aliphatic heterocycles. The van der Waals surface area contributed by atoms with Gasteiger partial charge in [-0.15, -0.1) is 0 Å². The van der Waals surface area contributed by atoms with Crippen molar-refractivity contribution in [3.8, 4) is 5.75 Å². The normalized spacial score (nSPS) is 10.9. The quantitative estimate of drug-likeness (QED) is 0.580. The molecule has 0 fully saturated rings. The number of hydrazone groups is 1. The van der Waals surface area contributed by atoms with Crippen LogP contribution >= 0.6 is 23.2 Å². The molecular weight excluding hydrogens is 361 g/mol. The molecule has 0 aliphatic rings. The Kier molecular flexibility index (Phi) is 6.67. The van der Waals surface area contributed by atoms with Crippen molar-refractivity contribution in [2.45, 2.75) is 13.8 Å². The third-order valence-corrected chi connectivity index (χ3v) is 4.24. The van der Waals surface area contributed by atoms with Gasteiger partial charge in [0, 0.05) is 35.4 Å². The van der Waals surface area contributed by atoms with E-state index in [2.05, 4.69) is 15.4 Å². The molecule has 7 heteroatoms. The summed E-state index contributed by atoms with van der Waals surface area (Å²) in [6.45, 7) is 5.79. The van der Waals surface area contributed by atoms with Crippen molar-refractivity contribution >= 4 is 41.0 Å². The Morgan fingerprint density at radius 2 is 1.92 bits per heavy atom. The van der Waals surface area contributed by atoms with E-state index in [1.165, 1.54) is 18.3 Å². The van der Waals surface area contributed by atoms with Crippen molar-refractivity contribution in [1.82, 2.24) is 5.43 Å². The molecule has 0 unspecified atom stereocenters. The molecule has 0 aliphatic carbocycles. The number of nitrogens with zero attached hydrogens (tertiary/aromatic N) is 2. The van der Waals surface area contributed by atoms with E-state index in [9.17, 15) is 9.90 Å². The lowest BCUT2D eigenvalue weighted by Crippen LogP contribution is -2.21. The standard InChI is InChI=1S/C18H19Cl2N3O2/c1-3-23(4-2)14-7-5-12(17(24)10-14)11-21-22-18(25)15-8-6-13(19)9-16(15)20/h5-11,24H,3-4H2,1-2H3,(H,22,25)/b21-11-. The number of benzene rings is 2. The van der Waals surface area contributed by atoms with Gasteiger partial charge < -0.3 is 10.0 Å². The molecular formula is C18H19Cl2N3O2. The molecule has 1 amide bonds. The number of phenolic OH excluding ortho intramolecular Hbond substituents is 1. The van der Waals surface area contributed by atoms with Crippen LogP contribution in [-0.4, -0.2) is 30.3 Å². The Balaban J connectivity index is 2.08. The SMILES string of the molecule is CCN(CC)c1ccc(/C=N\NC(=O)c2ccc(Cl)cc2Cl)c(O)c1. The maximum atomic E-state index is 12.1. The average molecular weight is 380 g/mol. The molecule has 0 atom stereocenters. The van der Waals surface area contributed by atoms with Crippen LogP contribution in [0.4, 0.5) is 5.69 Å². The lowest BCUT2D eigenvalue weighted by Gasteiger charge is -2.21. The van der Waals surface area contributed by atoms with E-state index >= 15 is 0 Å². The zero-order chi connectivity index (χ0) is 18.4. The second-order valence-electron chi connectivity index (χ2n) is 5.24. The molecule has 0 aromatic heterocycles. The summed E-state index contributed by atoms with van der Waals surface area (Å²) in [6.07, 6.45) is 1.38. The topological polar surface area (TPSA) is 64.9 Å². The molecule has 25 heavy (non-hydrogen) atoms. The maximum Gasteiger partial charge on any atom is 0.272 e. The van der Waals surface area contributed by atoms with Gasteiger partial charge in [-0.1, -0.05) is 23.2 Å². The highest BCUT2D eigenvalue weighted by molar-refractivity contribution is 6.36. The first kappa shape index (κ1) is 19.1. The number of rotatable bonds is 6. The zero-order valence-corrected chi connectivity index (χ0v) is 15.5. The van der Waals surface area contributed by atoms with Gasteiger partial charge in [0.25, 0.3) is 5.91 Å². The number of carbonyl (C=O) groups excluding carboxylic acids is 1. The highest BCUT2D eigenvalue weighted by Gasteiger charge is 2.10. The Bertz CT molecular complexity index is 790. The Hall–Kier alpha value is -2.24. The molecule has 0 saturated heterocycles. The van der Waals surface area contributed by atoms with Crippen LogP contribution in [0.15, 0.2) is 41.5 Å². The fourth-order valence-electron chi connectivity index (χ4n) is 2.32. The fourth-order valence-corrected chi connectivity index (χ4v) is 2.82. The average Bonchev–Trinajstić information content (AvgIpc) is 2.57. The Morgan fingerprint density at radius 1 is 1.20 bits per heavy atom. The van der Waals surface area contributed by atoms with Gasteiger partial charge in [0.1, 0.15) is 5.75 Å². The van der Waals surface area contributed by atoms with E-state index in [0.717, 1.165) is 18.8 Å². The maximum absolute atomic E-state index is 12.1. The molecule has 132 valence electrons. The summed E-state index contributed by atoms with van der Waals surface area (Å²) in [7, 11) is 0. The molecule has 2 rings (SSSR count). The number of halogens is 2. The number of carbonyl (C=O) groups is 1. The van der Waals surface area contributed by atoms with Crippen LogP contribution in [0.5, 0.6) is 5.75 Å². The van der Waals surface area contributed by atoms with Crippen LogP contribution in [0.25, 0.3) is 0 Å². The van der Waals surface area contributed by atoms with Crippen molar-refractivity contribution < 1.29 is 9.90 Å². The van der Waals surface area contributed by atoms with Gasteiger partial charge in [-0.3, -0.25) is 4.79 Å². The number of phenols is 1. The summed E-state index contributed by atoms with van der Waals surface area (Å²) in [5.41, 5.74) is 4.07. The second kappa shape index (κ2) is 8.74. The molecule has 0 heterocycles. The lowest BCUT2D eigenvalue weighted by atomic mass is 10.2. The fraction of sp³-hybridized carbons (Fsp3) is 0.222. The van der Waals surface area contributed by atoms with E-state index in [4.69, 9.17) is 23.2 Å². The van der Waals surface area contributed by atoms with Gasteiger partial charge in [-0.25, -0.2) is 5.43 Å². The molecule has 0 bridgehead atoms. The summed E-state index contributed by atoms with van der Waals surface area (Å²) >= 11 is 11.8. The summed E-state index contributed by atoms with van der Waals surface area (Å²) in [6, 6.07) is 9.89. The highest BCUT2D eigenvalue weighted by atomic mass is 35.5. The lowest BCUT2D eigenvalue weighted by molar-refractivity contribution is 0.0955. The van der Waals surface area contributed by atoms with E-state index < -0.39 is 5.91 Å². The van der Waals surface area contributed by atoms with Gasteiger partial charge in [-0.2, -0.15) is 5.10 Å². The Morgan fingerprint density at radius 3 is 2.52 bits per heavy atom. The summed E-state index contributed by atoms with van der Waals surface area (Å²) in [4.78, 5) is 14.2. The smallest absolute Gasteiger partial charge is 0.272 e. The first-order chi connectivity index (χ1) is 12.0. The van der Waals surface area contributed by atoms with Gasteiger partial charge in [0.2, 0.25) is 0 Å². The number of hydrogen-bond donors (Lipinski definition) is 2. The van der Waals surface area contributed by atoms with Gasteiger partial charge >= 0.3 is 0 Å². The van der Waals surface area contributed by atoms with Crippen molar-refractivity contribution in [2.75, 3.05) is 18.0 Å². The van der Waals surface area contributed by atoms with Crippen LogP contribution in [0.1, 0.15) is 29.8 Å².